The van der Waals surface area contributed by atoms with Crippen LogP contribution in [-0.4, -0.2) is 60.1 Å². The van der Waals surface area contributed by atoms with Crippen LogP contribution >= 0.6 is 11.3 Å². The maximum atomic E-state index is 13.1. The van der Waals surface area contributed by atoms with E-state index < -0.39 is 4.92 Å². The number of hydrogen-bond acceptors (Lipinski definition) is 7. The van der Waals surface area contributed by atoms with Crippen molar-refractivity contribution in [3.05, 3.63) is 70.3 Å². The number of fused-ring (bicyclic) bond motifs is 1. The van der Waals surface area contributed by atoms with Gasteiger partial charge in [0.15, 0.2) is 5.13 Å². The minimum atomic E-state index is -0.446. The number of nitro groups is 1. The Hall–Kier alpha value is -3.14. The van der Waals surface area contributed by atoms with Crippen LogP contribution in [0, 0.1) is 10.1 Å². The Bertz CT molecular complexity index is 1090. The summed E-state index contributed by atoms with van der Waals surface area (Å²) in [5, 5.41) is 11.7. The van der Waals surface area contributed by atoms with E-state index in [-0.39, 0.29) is 11.6 Å². The molecule has 1 aliphatic heterocycles. The molecule has 0 radical (unpaired) electrons. The zero-order chi connectivity index (χ0) is 22.3. The number of nitro benzene ring substituents is 1. The van der Waals surface area contributed by atoms with Crippen LogP contribution in [0.5, 0.6) is 0 Å². The number of rotatable bonds is 8. The highest BCUT2D eigenvalue weighted by atomic mass is 32.1. The van der Waals surface area contributed by atoms with Gasteiger partial charge in [0.2, 0.25) is 0 Å². The summed E-state index contributed by atoms with van der Waals surface area (Å²) >= 11 is 1.48. The Balaban J connectivity index is 1.51. The van der Waals surface area contributed by atoms with Crippen LogP contribution in [-0.2, 0) is 9.53 Å². The summed E-state index contributed by atoms with van der Waals surface area (Å²) in [5.74, 6) is -0.197. The molecule has 166 valence electrons. The van der Waals surface area contributed by atoms with Crippen molar-refractivity contribution < 1.29 is 14.5 Å². The molecule has 0 saturated carbocycles. The van der Waals surface area contributed by atoms with E-state index in [0.29, 0.717) is 17.2 Å². The van der Waals surface area contributed by atoms with E-state index >= 15 is 0 Å². The highest BCUT2D eigenvalue weighted by Crippen LogP contribution is 2.29. The number of non-ortho nitro benzene ring substituents is 1. The van der Waals surface area contributed by atoms with Gasteiger partial charge in [-0.2, -0.15) is 0 Å². The molecule has 3 aromatic rings. The molecular weight excluding hydrogens is 428 g/mol. The van der Waals surface area contributed by atoms with Crippen LogP contribution in [0.3, 0.4) is 0 Å². The molecule has 1 aliphatic rings. The van der Waals surface area contributed by atoms with E-state index in [0.717, 1.165) is 49.5 Å². The molecule has 4 rings (SSSR count). The van der Waals surface area contributed by atoms with E-state index in [1.165, 1.54) is 29.5 Å². The highest BCUT2D eigenvalue weighted by molar-refractivity contribution is 7.22. The quantitative estimate of drug-likeness (QED) is 0.292. The molecule has 1 aromatic heterocycles. The lowest BCUT2D eigenvalue weighted by Crippen LogP contribution is -2.39. The van der Waals surface area contributed by atoms with Crippen molar-refractivity contribution in [1.29, 1.82) is 0 Å². The fourth-order valence-corrected chi connectivity index (χ4v) is 4.55. The van der Waals surface area contributed by atoms with E-state index in [9.17, 15) is 14.9 Å². The first-order valence-electron chi connectivity index (χ1n) is 10.5. The van der Waals surface area contributed by atoms with Crippen molar-refractivity contribution in [2.75, 3.05) is 44.3 Å². The Morgan fingerprint density at radius 3 is 2.81 bits per heavy atom. The zero-order valence-electron chi connectivity index (χ0n) is 17.6. The molecule has 32 heavy (non-hydrogen) atoms. The Labute approximate surface area is 189 Å². The van der Waals surface area contributed by atoms with Crippen LogP contribution < -0.4 is 4.90 Å². The van der Waals surface area contributed by atoms with Crippen molar-refractivity contribution in [3.63, 3.8) is 0 Å². The normalized spacial score (nSPS) is 14.8. The number of aromatic nitrogens is 1. The lowest BCUT2D eigenvalue weighted by molar-refractivity contribution is -0.384. The molecule has 2 heterocycles. The number of carbonyl (C=O) groups is 1. The van der Waals surface area contributed by atoms with Gasteiger partial charge in [-0.1, -0.05) is 35.6 Å². The highest BCUT2D eigenvalue weighted by Gasteiger charge is 2.19. The van der Waals surface area contributed by atoms with E-state index in [1.54, 1.807) is 23.1 Å². The number of para-hydroxylation sites is 1. The third-order valence-electron chi connectivity index (χ3n) is 5.24. The number of morpholine rings is 1. The standard InChI is InChI=1S/C23H24N4O4S/c28-22(10-9-18-5-3-6-19(17-18)27(29)30)26(12-4-11-25-13-15-31-16-14-25)23-24-20-7-1-2-8-21(20)32-23/h1-3,5-10,17H,4,11-16H2/b10-9+. The molecule has 1 fully saturated rings. The summed E-state index contributed by atoms with van der Waals surface area (Å²) in [6.45, 7) is 4.71. The second-order valence-corrected chi connectivity index (χ2v) is 8.46. The summed E-state index contributed by atoms with van der Waals surface area (Å²) in [6.07, 6.45) is 3.88. The first-order chi connectivity index (χ1) is 15.6. The number of thiazole rings is 1. The molecule has 0 bridgehead atoms. The Morgan fingerprint density at radius 2 is 2.03 bits per heavy atom. The van der Waals surface area contributed by atoms with Crippen molar-refractivity contribution in [1.82, 2.24) is 9.88 Å². The lowest BCUT2D eigenvalue weighted by Gasteiger charge is -2.27. The average molecular weight is 453 g/mol. The van der Waals surface area contributed by atoms with Crippen molar-refractivity contribution in [2.45, 2.75) is 6.42 Å². The van der Waals surface area contributed by atoms with Gasteiger partial charge >= 0.3 is 0 Å². The molecule has 1 saturated heterocycles. The van der Waals surface area contributed by atoms with Gasteiger partial charge in [-0.05, 0) is 30.2 Å². The molecular formula is C23H24N4O4S. The molecule has 0 atom stereocenters. The number of carbonyl (C=O) groups excluding carboxylic acids is 1. The van der Waals surface area contributed by atoms with Crippen LogP contribution in [0.1, 0.15) is 12.0 Å². The number of nitrogens with zero attached hydrogens (tertiary/aromatic N) is 4. The van der Waals surface area contributed by atoms with Crippen molar-refractivity contribution in [2.24, 2.45) is 0 Å². The summed E-state index contributed by atoms with van der Waals surface area (Å²) in [5.41, 5.74) is 1.46. The molecule has 9 heteroatoms. The number of hydrogen-bond donors (Lipinski definition) is 0. The summed E-state index contributed by atoms with van der Waals surface area (Å²) in [7, 11) is 0. The van der Waals surface area contributed by atoms with Gasteiger partial charge in [-0.25, -0.2) is 4.98 Å². The number of amides is 1. The van der Waals surface area contributed by atoms with Gasteiger partial charge in [0, 0.05) is 44.4 Å². The first-order valence-corrected chi connectivity index (χ1v) is 11.3. The SMILES string of the molecule is O=C(/C=C/c1cccc([N+](=O)[O-])c1)N(CCCN1CCOCC1)c1nc2ccccc2s1. The lowest BCUT2D eigenvalue weighted by atomic mass is 10.2. The van der Waals surface area contributed by atoms with Crippen LogP contribution in [0.25, 0.3) is 16.3 Å². The third kappa shape index (κ3) is 5.56. The molecule has 2 aromatic carbocycles. The van der Waals surface area contributed by atoms with Gasteiger partial charge in [-0.15, -0.1) is 0 Å². The average Bonchev–Trinajstić information content (AvgIpc) is 3.25. The minimum absolute atomic E-state index is 0.00635. The van der Waals surface area contributed by atoms with E-state index in [4.69, 9.17) is 4.74 Å². The second kappa shape index (κ2) is 10.4. The molecule has 0 N–H and O–H groups in total. The van der Waals surface area contributed by atoms with Crippen molar-refractivity contribution >= 4 is 44.4 Å². The Morgan fingerprint density at radius 1 is 1.22 bits per heavy atom. The number of benzene rings is 2. The molecule has 0 aliphatic carbocycles. The second-order valence-electron chi connectivity index (χ2n) is 7.45. The Kier molecular flexibility index (Phi) is 7.21. The first kappa shape index (κ1) is 22.1. The van der Waals surface area contributed by atoms with Gasteiger partial charge in [-0.3, -0.25) is 24.7 Å². The number of anilines is 1. The van der Waals surface area contributed by atoms with Gasteiger partial charge in [0.1, 0.15) is 0 Å². The summed E-state index contributed by atoms with van der Waals surface area (Å²) in [4.78, 5) is 32.4. The molecule has 1 amide bonds. The maximum absolute atomic E-state index is 13.1. The van der Waals surface area contributed by atoms with Crippen LogP contribution in [0.4, 0.5) is 10.8 Å². The fraction of sp³-hybridized carbons (Fsp3) is 0.304. The molecule has 0 spiro atoms. The van der Waals surface area contributed by atoms with Gasteiger partial charge < -0.3 is 4.74 Å². The maximum Gasteiger partial charge on any atom is 0.270 e. The topological polar surface area (TPSA) is 88.8 Å². The third-order valence-corrected chi connectivity index (χ3v) is 6.30. The largest absolute Gasteiger partial charge is 0.379 e. The minimum Gasteiger partial charge on any atom is -0.379 e. The zero-order valence-corrected chi connectivity index (χ0v) is 18.4. The summed E-state index contributed by atoms with van der Waals surface area (Å²) in [6, 6.07) is 14.0. The fourth-order valence-electron chi connectivity index (χ4n) is 3.55. The molecule has 8 nitrogen and oxygen atoms in total. The van der Waals surface area contributed by atoms with Crippen LogP contribution in [0.2, 0.25) is 0 Å². The predicted octanol–water partition coefficient (Wildman–Crippen LogP) is 3.97. The summed E-state index contributed by atoms with van der Waals surface area (Å²) < 4.78 is 6.42. The van der Waals surface area contributed by atoms with Crippen molar-refractivity contribution in [3.8, 4) is 0 Å². The smallest absolute Gasteiger partial charge is 0.270 e. The van der Waals surface area contributed by atoms with E-state index in [2.05, 4.69) is 9.88 Å². The van der Waals surface area contributed by atoms with Crippen LogP contribution in [0.15, 0.2) is 54.6 Å². The molecule has 0 unspecified atom stereocenters. The predicted molar refractivity (Wildman–Crippen MR) is 126 cm³/mol. The van der Waals surface area contributed by atoms with Gasteiger partial charge in [0.25, 0.3) is 11.6 Å². The van der Waals surface area contributed by atoms with E-state index in [1.807, 2.05) is 24.3 Å². The van der Waals surface area contributed by atoms with Gasteiger partial charge in [0.05, 0.1) is 28.4 Å². The monoisotopic (exact) mass is 452 g/mol. The number of ether oxygens (including phenoxy) is 1.